The van der Waals surface area contributed by atoms with Gasteiger partial charge in [0.2, 0.25) is 0 Å². The van der Waals surface area contributed by atoms with Gasteiger partial charge in [0.25, 0.3) is 0 Å². The zero-order valence-electron chi connectivity index (χ0n) is 9.29. The molecular weight excluding hydrogens is 230 g/mol. The molecule has 0 fully saturated rings. The molecule has 1 aromatic rings. The van der Waals surface area contributed by atoms with E-state index in [1.165, 1.54) is 0 Å². The predicted molar refractivity (Wildman–Crippen MR) is 59.5 cm³/mol. The standard InChI is InChI=1S/C9H15N3O3S/c1-7(2)15-4-3-12-6-10-11-9(12)16-5-8(13)14/h6-7H,3-5H2,1-2H3,(H,13,14). The average molecular weight is 245 g/mol. The smallest absolute Gasteiger partial charge is 0.313 e. The van der Waals surface area contributed by atoms with Gasteiger partial charge in [-0.15, -0.1) is 10.2 Å². The molecule has 0 aliphatic heterocycles. The van der Waals surface area contributed by atoms with Crippen LogP contribution >= 0.6 is 11.8 Å². The molecule has 7 heteroatoms. The number of aliphatic carboxylic acids is 1. The molecule has 0 spiro atoms. The van der Waals surface area contributed by atoms with E-state index in [2.05, 4.69) is 10.2 Å². The second-order valence-corrected chi connectivity index (χ2v) is 4.35. The minimum absolute atomic E-state index is 0.0102. The van der Waals surface area contributed by atoms with Gasteiger partial charge in [-0.3, -0.25) is 4.79 Å². The number of aromatic nitrogens is 3. The van der Waals surface area contributed by atoms with E-state index in [1.807, 2.05) is 13.8 Å². The Morgan fingerprint density at radius 2 is 2.44 bits per heavy atom. The van der Waals surface area contributed by atoms with Crippen LogP contribution in [0, 0.1) is 0 Å². The summed E-state index contributed by atoms with van der Waals surface area (Å²) in [7, 11) is 0. The summed E-state index contributed by atoms with van der Waals surface area (Å²) in [6.45, 7) is 5.13. The third-order valence-corrected chi connectivity index (χ3v) is 2.65. The van der Waals surface area contributed by atoms with Crippen LogP contribution in [0.3, 0.4) is 0 Å². The summed E-state index contributed by atoms with van der Waals surface area (Å²) < 4.78 is 7.18. The lowest BCUT2D eigenvalue weighted by Crippen LogP contribution is -2.11. The molecule has 1 aromatic heterocycles. The normalized spacial score (nSPS) is 10.9. The van der Waals surface area contributed by atoms with E-state index in [9.17, 15) is 4.79 Å². The van der Waals surface area contributed by atoms with Gasteiger partial charge in [0.05, 0.1) is 18.5 Å². The molecule has 0 aliphatic carbocycles. The quantitative estimate of drug-likeness (QED) is 0.718. The largest absolute Gasteiger partial charge is 0.481 e. The zero-order valence-corrected chi connectivity index (χ0v) is 10.1. The number of hydrogen-bond acceptors (Lipinski definition) is 5. The molecule has 1 heterocycles. The maximum absolute atomic E-state index is 10.4. The number of nitrogens with zero attached hydrogens (tertiary/aromatic N) is 3. The number of rotatable bonds is 7. The molecule has 1 rings (SSSR count). The minimum Gasteiger partial charge on any atom is -0.481 e. The fraction of sp³-hybridized carbons (Fsp3) is 0.667. The van der Waals surface area contributed by atoms with E-state index < -0.39 is 5.97 Å². The molecule has 0 bridgehead atoms. The SMILES string of the molecule is CC(C)OCCn1cnnc1SCC(=O)O. The molecule has 0 radical (unpaired) electrons. The Balaban J connectivity index is 2.40. The summed E-state index contributed by atoms with van der Waals surface area (Å²) in [4.78, 5) is 10.4. The third kappa shape index (κ3) is 4.63. The minimum atomic E-state index is -0.863. The van der Waals surface area contributed by atoms with Gasteiger partial charge >= 0.3 is 5.97 Å². The lowest BCUT2D eigenvalue weighted by molar-refractivity contribution is -0.133. The maximum atomic E-state index is 10.4. The van der Waals surface area contributed by atoms with Crippen LogP contribution in [0.5, 0.6) is 0 Å². The van der Waals surface area contributed by atoms with Gasteiger partial charge in [0, 0.05) is 6.54 Å². The Bertz CT molecular complexity index is 340. The van der Waals surface area contributed by atoms with Crippen molar-refractivity contribution in [2.45, 2.75) is 31.7 Å². The topological polar surface area (TPSA) is 77.2 Å². The van der Waals surface area contributed by atoms with E-state index in [0.717, 1.165) is 11.8 Å². The highest BCUT2D eigenvalue weighted by molar-refractivity contribution is 7.99. The maximum Gasteiger partial charge on any atom is 0.313 e. The van der Waals surface area contributed by atoms with Crippen molar-refractivity contribution in [2.75, 3.05) is 12.4 Å². The highest BCUT2D eigenvalue weighted by atomic mass is 32.2. The Hall–Kier alpha value is -1.08. The van der Waals surface area contributed by atoms with Crippen LogP contribution in [-0.4, -0.2) is 44.3 Å². The van der Waals surface area contributed by atoms with Crippen LogP contribution in [0.25, 0.3) is 0 Å². The fourth-order valence-corrected chi connectivity index (χ4v) is 1.68. The second-order valence-electron chi connectivity index (χ2n) is 3.41. The van der Waals surface area contributed by atoms with Crippen LogP contribution in [0.2, 0.25) is 0 Å². The van der Waals surface area contributed by atoms with E-state index in [0.29, 0.717) is 18.3 Å². The average Bonchev–Trinajstić information content (AvgIpc) is 2.62. The molecule has 1 N–H and O–H groups in total. The van der Waals surface area contributed by atoms with Crippen LogP contribution in [-0.2, 0) is 16.1 Å². The first-order valence-corrected chi connectivity index (χ1v) is 5.92. The third-order valence-electron chi connectivity index (χ3n) is 1.69. The van der Waals surface area contributed by atoms with Crippen LogP contribution < -0.4 is 0 Å². The molecule has 0 saturated heterocycles. The van der Waals surface area contributed by atoms with Gasteiger partial charge in [-0.1, -0.05) is 11.8 Å². The van der Waals surface area contributed by atoms with Gasteiger partial charge in [0.1, 0.15) is 6.33 Å². The predicted octanol–water partition coefficient (Wildman–Crippen LogP) is 0.880. The Morgan fingerprint density at radius 3 is 3.06 bits per heavy atom. The molecule has 6 nitrogen and oxygen atoms in total. The summed E-state index contributed by atoms with van der Waals surface area (Å²) >= 11 is 1.15. The molecule has 16 heavy (non-hydrogen) atoms. The number of carbonyl (C=O) groups is 1. The summed E-state index contributed by atoms with van der Waals surface area (Å²) in [6, 6.07) is 0. The Labute approximate surface area is 98.0 Å². The van der Waals surface area contributed by atoms with Crippen molar-refractivity contribution >= 4 is 17.7 Å². The van der Waals surface area contributed by atoms with E-state index in [1.54, 1.807) is 10.9 Å². The van der Waals surface area contributed by atoms with Crippen molar-refractivity contribution in [1.82, 2.24) is 14.8 Å². The highest BCUT2D eigenvalue weighted by Gasteiger charge is 2.07. The first-order chi connectivity index (χ1) is 7.59. The number of ether oxygens (including phenoxy) is 1. The number of thioether (sulfide) groups is 1. The van der Waals surface area contributed by atoms with Gasteiger partial charge < -0.3 is 14.4 Å². The summed E-state index contributed by atoms with van der Waals surface area (Å²) in [6.07, 6.45) is 1.76. The monoisotopic (exact) mass is 245 g/mol. The summed E-state index contributed by atoms with van der Waals surface area (Å²) in [5.41, 5.74) is 0. The first-order valence-electron chi connectivity index (χ1n) is 4.93. The molecule has 90 valence electrons. The molecule has 0 unspecified atom stereocenters. The summed E-state index contributed by atoms with van der Waals surface area (Å²) in [5, 5.41) is 16.7. The van der Waals surface area contributed by atoms with Gasteiger partial charge in [-0.25, -0.2) is 0 Å². The van der Waals surface area contributed by atoms with Crippen LogP contribution in [0.15, 0.2) is 11.5 Å². The Kier molecular flexibility index (Phi) is 5.27. The first kappa shape index (κ1) is 13.0. The molecular formula is C9H15N3O3S. The van der Waals surface area contributed by atoms with Crippen molar-refractivity contribution in [3.05, 3.63) is 6.33 Å². The molecule has 0 atom stereocenters. The lowest BCUT2D eigenvalue weighted by Gasteiger charge is -2.08. The van der Waals surface area contributed by atoms with Crippen molar-refractivity contribution in [2.24, 2.45) is 0 Å². The number of carboxylic acid groups (broad SMARTS) is 1. The number of carboxylic acids is 1. The highest BCUT2D eigenvalue weighted by Crippen LogP contribution is 2.13. The van der Waals surface area contributed by atoms with Gasteiger partial charge in [-0.2, -0.15) is 0 Å². The Morgan fingerprint density at radius 1 is 1.69 bits per heavy atom. The fourth-order valence-electron chi connectivity index (χ4n) is 1.02. The molecule has 0 saturated carbocycles. The van der Waals surface area contributed by atoms with E-state index >= 15 is 0 Å². The van der Waals surface area contributed by atoms with Crippen molar-refractivity contribution in [3.8, 4) is 0 Å². The van der Waals surface area contributed by atoms with E-state index in [-0.39, 0.29) is 11.9 Å². The van der Waals surface area contributed by atoms with Crippen molar-refractivity contribution in [3.63, 3.8) is 0 Å². The van der Waals surface area contributed by atoms with Crippen LogP contribution in [0.1, 0.15) is 13.8 Å². The van der Waals surface area contributed by atoms with Crippen LogP contribution in [0.4, 0.5) is 0 Å². The second kappa shape index (κ2) is 6.49. The lowest BCUT2D eigenvalue weighted by atomic mass is 10.5. The molecule has 0 aliphatic rings. The zero-order chi connectivity index (χ0) is 12.0. The van der Waals surface area contributed by atoms with Gasteiger partial charge in [-0.05, 0) is 13.8 Å². The molecule has 0 aromatic carbocycles. The summed E-state index contributed by atoms with van der Waals surface area (Å²) in [5.74, 6) is -0.873. The molecule has 0 amide bonds. The van der Waals surface area contributed by atoms with Crippen molar-refractivity contribution in [1.29, 1.82) is 0 Å². The van der Waals surface area contributed by atoms with Crippen molar-refractivity contribution < 1.29 is 14.6 Å². The van der Waals surface area contributed by atoms with E-state index in [4.69, 9.17) is 9.84 Å². The van der Waals surface area contributed by atoms with Gasteiger partial charge in [0.15, 0.2) is 5.16 Å². The number of hydrogen-bond donors (Lipinski definition) is 1.